The number of benzene rings is 1. The van der Waals surface area contributed by atoms with Crippen LogP contribution >= 0.6 is 0 Å². The van der Waals surface area contributed by atoms with E-state index in [1.165, 1.54) is 6.07 Å². The molecular formula is C19H19F2N3O5. The molecular weight excluding hydrogens is 388 g/mol. The predicted octanol–water partition coefficient (Wildman–Crippen LogP) is 1.74. The molecule has 2 aromatic rings. The number of amides is 1. The lowest BCUT2D eigenvalue weighted by molar-refractivity contribution is -0.120. The largest absolute Gasteiger partial charge is 0.493 e. The van der Waals surface area contributed by atoms with E-state index in [-0.39, 0.29) is 5.82 Å². The van der Waals surface area contributed by atoms with Gasteiger partial charge >= 0.3 is 5.69 Å². The zero-order valence-electron chi connectivity index (χ0n) is 15.3. The van der Waals surface area contributed by atoms with Gasteiger partial charge in [0.2, 0.25) is 6.23 Å². The molecule has 2 aliphatic heterocycles. The molecule has 0 aliphatic carbocycles. The van der Waals surface area contributed by atoms with Crippen molar-refractivity contribution < 1.29 is 28.2 Å². The third-order valence-electron chi connectivity index (χ3n) is 4.88. The molecule has 29 heavy (non-hydrogen) atoms. The number of hydrogen-bond acceptors (Lipinski definition) is 6. The third-order valence-corrected chi connectivity index (χ3v) is 4.88. The average molecular weight is 407 g/mol. The second-order valence-electron chi connectivity index (χ2n) is 6.99. The van der Waals surface area contributed by atoms with E-state index in [9.17, 15) is 18.4 Å². The van der Waals surface area contributed by atoms with Crippen LogP contribution in [0.25, 0.3) is 0 Å². The Morgan fingerprint density at radius 2 is 2.21 bits per heavy atom. The van der Waals surface area contributed by atoms with Gasteiger partial charge in [0.05, 0.1) is 19.3 Å². The quantitative estimate of drug-likeness (QED) is 0.800. The van der Waals surface area contributed by atoms with Gasteiger partial charge in [-0.25, -0.2) is 13.6 Å². The highest BCUT2D eigenvalue weighted by molar-refractivity contribution is 6.04. The minimum absolute atomic E-state index is 0.0646. The monoisotopic (exact) mass is 407 g/mol. The van der Waals surface area contributed by atoms with Crippen LogP contribution < -0.4 is 15.7 Å². The van der Waals surface area contributed by atoms with Crippen LogP contribution in [0, 0.1) is 0 Å². The first-order chi connectivity index (χ1) is 13.9. The van der Waals surface area contributed by atoms with Crippen molar-refractivity contribution in [2.75, 3.05) is 18.5 Å². The molecule has 0 bridgehead atoms. The van der Waals surface area contributed by atoms with Gasteiger partial charge in [-0.2, -0.15) is 4.98 Å². The fourth-order valence-electron chi connectivity index (χ4n) is 3.46. The maximum Gasteiger partial charge on any atom is 0.351 e. The first-order valence-corrected chi connectivity index (χ1v) is 9.18. The van der Waals surface area contributed by atoms with E-state index in [4.69, 9.17) is 14.6 Å². The standard InChI is InChI=1S/C19H19F2N3O5/c20-19(21)9-13(10-25)29-17(19)24-6-5-15(23-18(24)27)22-16(26)12-3-4-14-11(8-12)2-1-7-28-14/h3-6,8,13,17,25H,1-2,7,9-10H2,(H,22,23,26,27). The number of alkyl halides is 2. The van der Waals surface area contributed by atoms with Crippen molar-refractivity contribution in [3.05, 3.63) is 52.1 Å². The normalized spacial score (nSPS) is 22.6. The van der Waals surface area contributed by atoms with Gasteiger partial charge in [-0.3, -0.25) is 9.36 Å². The van der Waals surface area contributed by atoms with E-state index in [0.29, 0.717) is 16.7 Å². The Bertz CT molecular complexity index is 994. The van der Waals surface area contributed by atoms with E-state index in [2.05, 4.69) is 10.3 Å². The number of aryl methyl sites for hydroxylation is 1. The Balaban J connectivity index is 1.51. The number of hydrogen-bond donors (Lipinski definition) is 2. The molecule has 4 rings (SSSR count). The molecule has 8 nitrogen and oxygen atoms in total. The summed E-state index contributed by atoms with van der Waals surface area (Å²) in [6, 6.07) is 6.27. The summed E-state index contributed by atoms with van der Waals surface area (Å²) >= 11 is 0. The summed E-state index contributed by atoms with van der Waals surface area (Å²) in [6.07, 6.45) is -0.859. The molecule has 2 unspecified atom stereocenters. The molecule has 154 valence electrons. The molecule has 2 atom stereocenters. The molecule has 0 saturated carbocycles. The van der Waals surface area contributed by atoms with E-state index < -0.39 is 42.9 Å². The summed E-state index contributed by atoms with van der Waals surface area (Å²) in [5, 5.41) is 11.5. The molecule has 2 N–H and O–H groups in total. The molecule has 1 aromatic carbocycles. The highest BCUT2D eigenvalue weighted by Gasteiger charge is 2.51. The summed E-state index contributed by atoms with van der Waals surface area (Å²) in [6.45, 7) is 0.0653. The van der Waals surface area contributed by atoms with Gasteiger partial charge in [-0.15, -0.1) is 0 Å². The number of rotatable bonds is 4. The van der Waals surface area contributed by atoms with Crippen LogP contribution in [0.3, 0.4) is 0 Å². The van der Waals surface area contributed by atoms with E-state index >= 15 is 0 Å². The number of fused-ring (bicyclic) bond motifs is 1. The maximum absolute atomic E-state index is 14.1. The summed E-state index contributed by atoms with van der Waals surface area (Å²) in [5.74, 6) is -3.13. The van der Waals surface area contributed by atoms with E-state index in [1.54, 1.807) is 18.2 Å². The molecule has 1 amide bonds. The highest BCUT2D eigenvalue weighted by Crippen LogP contribution is 2.41. The average Bonchev–Trinajstić information content (AvgIpc) is 3.02. The number of aromatic nitrogens is 2. The van der Waals surface area contributed by atoms with Crippen LogP contribution in [0.1, 0.15) is 35.0 Å². The number of aliphatic hydroxyl groups is 1. The predicted molar refractivity (Wildman–Crippen MR) is 97.3 cm³/mol. The fourth-order valence-corrected chi connectivity index (χ4v) is 3.46. The molecule has 1 aromatic heterocycles. The Hall–Kier alpha value is -2.85. The van der Waals surface area contributed by atoms with Gasteiger partial charge in [-0.05, 0) is 42.7 Å². The molecule has 2 aliphatic rings. The van der Waals surface area contributed by atoms with Gasteiger partial charge in [0.15, 0.2) is 0 Å². The summed E-state index contributed by atoms with van der Waals surface area (Å²) in [4.78, 5) is 28.4. The van der Waals surface area contributed by atoms with Crippen LogP contribution in [0.5, 0.6) is 5.75 Å². The SMILES string of the molecule is O=C(Nc1ccn(C2OC(CO)CC2(F)F)c(=O)n1)c1ccc2c(c1)CCCO2. The highest BCUT2D eigenvalue weighted by atomic mass is 19.3. The van der Waals surface area contributed by atoms with Crippen LogP contribution in [0.4, 0.5) is 14.6 Å². The summed E-state index contributed by atoms with van der Waals surface area (Å²) in [7, 11) is 0. The van der Waals surface area contributed by atoms with Crippen molar-refractivity contribution in [2.45, 2.75) is 37.5 Å². The number of carbonyl (C=O) groups excluding carboxylic acids is 1. The first kappa shape index (κ1) is 19.5. The molecule has 0 radical (unpaired) electrons. The second-order valence-corrected chi connectivity index (χ2v) is 6.99. The Labute approximate surface area is 164 Å². The van der Waals surface area contributed by atoms with Gasteiger partial charge in [0.1, 0.15) is 11.6 Å². The van der Waals surface area contributed by atoms with Crippen LogP contribution in [-0.4, -0.2) is 45.8 Å². The molecule has 1 saturated heterocycles. The van der Waals surface area contributed by atoms with Gasteiger partial charge in [0, 0.05) is 18.2 Å². The molecule has 10 heteroatoms. The van der Waals surface area contributed by atoms with Crippen molar-refractivity contribution in [3.8, 4) is 5.75 Å². The fraction of sp³-hybridized carbons (Fsp3) is 0.421. The maximum atomic E-state index is 14.1. The smallest absolute Gasteiger partial charge is 0.351 e. The third kappa shape index (κ3) is 3.85. The van der Waals surface area contributed by atoms with Crippen molar-refractivity contribution in [1.29, 1.82) is 0 Å². The Kier molecular flexibility index (Phi) is 5.05. The lowest BCUT2D eigenvalue weighted by Crippen LogP contribution is -2.35. The Morgan fingerprint density at radius 3 is 2.93 bits per heavy atom. The van der Waals surface area contributed by atoms with Crippen molar-refractivity contribution in [1.82, 2.24) is 9.55 Å². The first-order valence-electron chi connectivity index (χ1n) is 9.18. The molecule has 0 spiro atoms. The van der Waals surface area contributed by atoms with Crippen molar-refractivity contribution in [2.24, 2.45) is 0 Å². The van der Waals surface area contributed by atoms with Crippen molar-refractivity contribution in [3.63, 3.8) is 0 Å². The van der Waals surface area contributed by atoms with Crippen LogP contribution in [0.2, 0.25) is 0 Å². The lowest BCUT2D eigenvalue weighted by Gasteiger charge is -2.20. The minimum atomic E-state index is -3.32. The second kappa shape index (κ2) is 7.53. The minimum Gasteiger partial charge on any atom is -0.493 e. The number of halogens is 2. The van der Waals surface area contributed by atoms with Crippen LogP contribution in [-0.2, 0) is 11.2 Å². The zero-order chi connectivity index (χ0) is 20.6. The topological polar surface area (TPSA) is 103 Å². The summed E-state index contributed by atoms with van der Waals surface area (Å²) in [5.41, 5.74) is 0.299. The number of nitrogens with zero attached hydrogens (tertiary/aromatic N) is 2. The molecule has 1 fully saturated rings. The molecule has 3 heterocycles. The number of carbonyl (C=O) groups is 1. The van der Waals surface area contributed by atoms with Gasteiger partial charge in [-0.1, -0.05) is 0 Å². The number of ether oxygens (including phenoxy) is 2. The summed E-state index contributed by atoms with van der Waals surface area (Å²) < 4.78 is 39.4. The Morgan fingerprint density at radius 1 is 1.38 bits per heavy atom. The van der Waals surface area contributed by atoms with Crippen LogP contribution in [0.15, 0.2) is 35.3 Å². The number of nitrogens with one attached hydrogen (secondary N) is 1. The van der Waals surface area contributed by atoms with E-state index in [1.807, 2.05) is 0 Å². The number of anilines is 1. The van der Waals surface area contributed by atoms with Gasteiger partial charge < -0.3 is 19.9 Å². The lowest BCUT2D eigenvalue weighted by atomic mass is 10.0. The number of aliphatic hydroxyl groups excluding tert-OH is 1. The zero-order valence-corrected chi connectivity index (χ0v) is 15.3. The van der Waals surface area contributed by atoms with E-state index in [0.717, 1.165) is 30.4 Å². The van der Waals surface area contributed by atoms with Gasteiger partial charge in [0.25, 0.3) is 11.8 Å². The van der Waals surface area contributed by atoms with Crippen molar-refractivity contribution >= 4 is 11.7 Å².